The fraction of sp³-hybridized carbons (Fsp3) is 0.933. The molecule has 3 atom stereocenters. The lowest BCUT2D eigenvalue weighted by Gasteiger charge is -2.24. The van der Waals surface area contributed by atoms with Crippen molar-refractivity contribution in [2.24, 2.45) is 0 Å². The quantitative estimate of drug-likeness (QED) is 0.779. The Balaban J connectivity index is 1.63. The summed E-state index contributed by atoms with van der Waals surface area (Å²) in [5.41, 5.74) is 0. The molecule has 2 fully saturated rings. The number of thioether (sulfide) groups is 1. The van der Waals surface area contributed by atoms with Gasteiger partial charge in [-0.1, -0.05) is 6.92 Å². The molecular weight excluding hydrogens is 272 g/mol. The second-order valence-electron chi connectivity index (χ2n) is 5.90. The van der Waals surface area contributed by atoms with Crippen molar-refractivity contribution in [3.63, 3.8) is 0 Å². The van der Waals surface area contributed by atoms with Crippen LogP contribution in [0.4, 0.5) is 0 Å². The van der Waals surface area contributed by atoms with Gasteiger partial charge in [0.25, 0.3) is 0 Å². The van der Waals surface area contributed by atoms with Crippen molar-refractivity contribution in [3.8, 4) is 0 Å². The topological polar surface area (TPSA) is 41.6 Å². The van der Waals surface area contributed by atoms with Gasteiger partial charge in [-0.25, -0.2) is 0 Å². The summed E-state index contributed by atoms with van der Waals surface area (Å²) in [6.45, 7) is 4.26. The Morgan fingerprint density at radius 1 is 1.40 bits per heavy atom. The zero-order chi connectivity index (χ0) is 14.4. The molecular formula is C15H28N2O2S. The minimum Gasteiger partial charge on any atom is -0.376 e. The van der Waals surface area contributed by atoms with E-state index in [0.717, 1.165) is 24.7 Å². The smallest absolute Gasteiger partial charge is 0.234 e. The summed E-state index contributed by atoms with van der Waals surface area (Å²) in [5.74, 6) is 1.33. The molecule has 0 unspecified atom stereocenters. The van der Waals surface area contributed by atoms with Crippen LogP contribution in [0.5, 0.6) is 0 Å². The van der Waals surface area contributed by atoms with Crippen LogP contribution >= 0.6 is 11.8 Å². The van der Waals surface area contributed by atoms with Crippen molar-refractivity contribution >= 4 is 17.7 Å². The second-order valence-corrected chi connectivity index (χ2v) is 7.48. The van der Waals surface area contributed by atoms with E-state index in [4.69, 9.17) is 4.74 Å². The van der Waals surface area contributed by atoms with Gasteiger partial charge >= 0.3 is 0 Å². The number of hydrogen-bond acceptors (Lipinski definition) is 4. The summed E-state index contributed by atoms with van der Waals surface area (Å²) in [7, 11) is 2.08. The summed E-state index contributed by atoms with van der Waals surface area (Å²) < 4.78 is 5.52. The highest BCUT2D eigenvalue weighted by molar-refractivity contribution is 7.99. The number of carbonyl (C=O) groups is 1. The Kier molecular flexibility index (Phi) is 6.65. The highest BCUT2D eigenvalue weighted by Crippen LogP contribution is 2.31. The summed E-state index contributed by atoms with van der Waals surface area (Å²) in [4.78, 5) is 14.2. The standard InChI is InChI=1S/C15H28N2O2S/c1-3-20-14-7-6-12(9-14)17(2)11-15(18)16-10-13-5-4-8-19-13/h12-14H,3-11H2,1-2H3,(H,16,18)/t12-,13+,14+/m0/s1. The fourth-order valence-electron chi connectivity index (χ4n) is 3.15. The van der Waals surface area contributed by atoms with E-state index in [2.05, 4.69) is 35.9 Å². The van der Waals surface area contributed by atoms with E-state index >= 15 is 0 Å². The molecule has 0 spiro atoms. The first-order valence-electron chi connectivity index (χ1n) is 7.89. The van der Waals surface area contributed by atoms with Crippen molar-refractivity contribution in [1.82, 2.24) is 10.2 Å². The lowest BCUT2D eigenvalue weighted by Crippen LogP contribution is -2.41. The third kappa shape index (κ3) is 4.93. The average Bonchev–Trinajstić information content (AvgIpc) is 3.08. The number of likely N-dealkylation sites (N-methyl/N-ethyl adjacent to an activating group) is 1. The molecule has 1 aliphatic heterocycles. The first kappa shape index (κ1) is 16.1. The average molecular weight is 300 g/mol. The molecule has 4 nitrogen and oxygen atoms in total. The monoisotopic (exact) mass is 300 g/mol. The third-order valence-electron chi connectivity index (χ3n) is 4.33. The van der Waals surface area contributed by atoms with Crippen LogP contribution in [0.3, 0.4) is 0 Å². The van der Waals surface area contributed by atoms with E-state index in [0.29, 0.717) is 19.1 Å². The number of nitrogens with zero attached hydrogens (tertiary/aromatic N) is 1. The van der Waals surface area contributed by atoms with Gasteiger partial charge in [-0.15, -0.1) is 0 Å². The zero-order valence-corrected chi connectivity index (χ0v) is 13.6. The maximum absolute atomic E-state index is 12.0. The third-order valence-corrected chi connectivity index (χ3v) is 5.56. The zero-order valence-electron chi connectivity index (χ0n) is 12.8. The number of carbonyl (C=O) groups excluding carboxylic acids is 1. The minimum absolute atomic E-state index is 0.134. The molecule has 1 aliphatic carbocycles. The molecule has 2 aliphatic rings. The molecule has 20 heavy (non-hydrogen) atoms. The van der Waals surface area contributed by atoms with Crippen LogP contribution in [0.15, 0.2) is 0 Å². The van der Waals surface area contributed by atoms with Gasteiger partial charge < -0.3 is 10.1 Å². The van der Waals surface area contributed by atoms with Crippen LogP contribution in [-0.2, 0) is 9.53 Å². The predicted molar refractivity (Wildman–Crippen MR) is 84.2 cm³/mol. The summed E-state index contributed by atoms with van der Waals surface area (Å²) in [5, 5.41) is 3.80. The number of ether oxygens (including phenoxy) is 1. The Labute approximate surface area is 127 Å². The van der Waals surface area contributed by atoms with Crippen molar-refractivity contribution in [1.29, 1.82) is 0 Å². The van der Waals surface area contributed by atoms with Crippen molar-refractivity contribution < 1.29 is 9.53 Å². The highest BCUT2D eigenvalue weighted by atomic mass is 32.2. The van der Waals surface area contributed by atoms with Gasteiger partial charge in [0, 0.05) is 24.4 Å². The normalized spacial score (nSPS) is 30.1. The molecule has 0 aromatic heterocycles. The number of nitrogens with one attached hydrogen (secondary N) is 1. The van der Waals surface area contributed by atoms with Crippen LogP contribution in [-0.4, -0.2) is 60.7 Å². The summed E-state index contributed by atoms with van der Waals surface area (Å²) in [6.07, 6.45) is 6.20. The molecule has 1 amide bonds. The number of hydrogen-bond donors (Lipinski definition) is 1. The van der Waals surface area contributed by atoms with Gasteiger partial charge in [0.15, 0.2) is 0 Å². The van der Waals surface area contributed by atoms with Crippen LogP contribution < -0.4 is 5.32 Å². The Bertz CT molecular complexity index is 308. The molecule has 1 saturated carbocycles. The van der Waals surface area contributed by atoms with E-state index in [1.807, 2.05) is 0 Å². The number of amides is 1. The Morgan fingerprint density at radius 2 is 2.25 bits per heavy atom. The van der Waals surface area contributed by atoms with E-state index in [-0.39, 0.29) is 12.0 Å². The summed E-state index contributed by atoms with van der Waals surface area (Å²) in [6, 6.07) is 0.576. The molecule has 2 rings (SSSR count). The van der Waals surface area contributed by atoms with E-state index in [1.165, 1.54) is 25.0 Å². The SMILES string of the molecule is CCS[C@@H]1CC[C@H](N(C)CC(=O)NC[C@H]2CCCO2)C1. The Morgan fingerprint density at radius 3 is 2.95 bits per heavy atom. The van der Waals surface area contributed by atoms with Gasteiger partial charge in [0.2, 0.25) is 5.91 Å². The van der Waals surface area contributed by atoms with Crippen molar-refractivity contribution in [2.75, 3.05) is 32.5 Å². The molecule has 5 heteroatoms. The first-order chi connectivity index (χ1) is 9.69. The van der Waals surface area contributed by atoms with Crippen LogP contribution in [0.1, 0.15) is 39.0 Å². The number of rotatable bonds is 7. The molecule has 1 heterocycles. The van der Waals surface area contributed by atoms with E-state index < -0.39 is 0 Å². The maximum Gasteiger partial charge on any atom is 0.234 e. The van der Waals surface area contributed by atoms with E-state index in [1.54, 1.807) is 0 Å². The summed E-state index contributed by atoms with van der Waals surface area (Å²) >= 11 is 2.06. The molecule has 0 bridgehead atoms. The van der Waals surface area contributed by atoms with Crippen LogP contribution in [0, 0.1) is 0 Å². The predicted octanol–water partition coefficient (Wildman–Crippen LogP) is 1.89. The van der Waals surface area contributed by atoms with Crippen LogP contribution in [0.25, 0.3) is 0 Å². The lowest BCUT2D eigenvalue weighted by atomic mass is 10.2. The molecule has 1 saturated heterocycles. The Hall–Kier alpha value is -0.260. The second kappa shape index (κ2) is 8.25. The van der Waals surface area contributed by atoms with Gasteiger partial charge in [-0.05, 0) is 44.9 Å². The van der Waals surface area contributed by atoms with Gasteiger partial charge in [-0.2, -0.15) is 11.8 Å². The van der Waals surface area contributed by atoms with Crippen LogP contribution in [0.2, 0.25) is 0 Å². The van der Waals surface area contributed by atoms with Crippen molar-refractivity contribution in [2.45, 2.75) is 56.4 Å². The van der Waals surface area contributed by atoms with Crippen molar-refractivity contribution in [3.05, 3.63) is 0 Å². The first-order valence-corrected chi connectivity index (χ1v) is 8.94. The van der Waals surface area contributed by atoms with E-state index in [9.17, 15) is 4.79 Å². The molecule has 1 N–H and O–H groups in total. The molecule has 116 valence electrons. The lowest BCUT2D eigenvalue weighted by molar-refractivity contribution is -0.122. The van der Waals surface area contributed by atoms with Gasteiger partial charge in [-0.3, -0.25) is 9.69 Å². The molecule has 0 aromatic rings. The maximum atomic E-state index is 12.0. The van der Waals surface area contributed by atoms with Gasteiger partial charge in [0.1, 0.15) is 0 Å². The minimum atomic E-state index is 0.134. The largest absolute Gasteiger partial charge is 0.376 e. The molecule has 0 aromatic carbocycles. The highest BCUT2D eigenvalue weighted by Gasteiger charge is 2.28. The fourth-order valence-corrected chi connectivity index (χ4v) is 4.28. The van der Waals surface area contributed by atoms with Gasteiger partial charge in [0.05, 0.1) is 12.6 Å². The molecule has 0 radical (unpaired) electrons.